The Labute approximate surface area is 158 Å². The van der Waals surface area contributed by atoms with Crippen molar-refractivity contribution in [3.05, 3.63) is 77.5 Å². The van der Waals surface area contributed by atoms with Crippen LogP contribution in [-0.4, -0.2) is 24.0 Å². The van der Waals surface area contributed by atoms with E-state index in [-0.39, 0.29) is 29.9 Å². The van der Waals surface area contributed by atoms with Gasteiger partial charge in [0, 0.05) is 6.42 Å². The highest BCUT2D eigenvalue weighted by molar-refractivity contribution is 6.22. The van der Waals surface area contributed by atoms with Crippen molar-refractivity contribution in [2.45, 2.75) is 38.4 Å². The van der Waals surface area contributed by atoms with Crippen molar-refractivity contribution in [1.29, 1.82) is 0 Å². The van der Waals surface area contributed by atoms with Crippen molar-refractivity contribution in [3.8, 4) is 0 Å². The van der Waals surface area contributed by atoms with Crippen molar-refractivity contribution < 1.29 is 19.1 Å². The van der Waals surface area contributed by atoms with E-state index < -0.39 is 0 Å². The molecule has 3 unspecified atom stereocenters. The van der Waals surface area contributed by atoms with Crippen LogP contribution in [0.2, 0.25) is 0 Å². The molecule has 2 aromatic carbocycles. The second-order valence-corrected chi connectivity index (χ2v) is 7.20. The summed E-state index contributed by atoms with van der Waals surface area (Å²) in [4.78, 5) is 25.4. The molecule has 0 spiro atoms. The van der Waals surface area contributed by atoms with E-state index in [2.05, 4.69) is 0 Å². The van der Waals surface area contributed by atoms with E-state index in [1.54, 1.807) is 12.3 Å². The van der Waals surface area contributed by atoms with E-state index in [0.29, 0.717) is 30.4 Å². The van der Waals surface area contributed by atoms with Gasteiger partial charge in [-0.1, -0.05) is 48.5 Å². The summed E-state index contributed by atoms with van der Waals surface area (Å²) in [6.07, 6.45) is 3.01. The van der Waals surface area contributed by atoms with Gasteiger partial charge in [0.15, 0.2) is 5.78 Å². The molecule has 0 aromatic heterocycles. The number of benzene rings is 2. The quantitative estimate of drug-likeness (QED) is 0.763. The molecule has 0 saturated heterocycles. The van der Waals surface area contributed by atoms with Crippen LogP contribution in [-0.2, 0) is 14.3 Å². The summed E-state index contributed by atoms with van der Waals surface area (Å²) in [7, 11) is 0. The molecular weight excluding hydrogens is 340 g/mol. The number of carbonyl (C=O) groups is 2. The average molecular weight is 362 g/mol. The zero-order chi connectivity index (χ0) is 18.8. The Morgan fingerprint density at radius 1 is 1.04 bits per heavy atom. The van der Waals surface area contributed by atoms with Gasteiger partial charge in [0.2, 0.25) is 0 Å². The van der Waals surface area contributed by atoms with Gasteiger partial charge in [-0.2, -0.15) is 0 Å². The second-order valence-electron chi connectivity index (χ2n) is 7.20. The molecule has 27 heavy (non-hydrogen) atoms. The number of allylic oxidation sites excluding steroid dienone is 1. The molecule has 1 fully saturated rings. The lowest BCUT2D eigenvalue weighted by atomic mass is 9.78. The number of Topliss-reactive ketones (excluding diaryl/α,β-unsaturated/α-hetero) is 1. The molecule has 4 nitrogen and oxygen atoms in total. The van der Waals surface area contributed by atoms with Gasteiger partial charge in [0.1, 0.15) is 12.2 Å². The molecule has 1 aliphatic carbocycles. The van der Waals surface area contributed by atoms with Crippen LogP contribution in [0.15, 0.2) is 60.9 Å². The molecule has 138 valence electrons. The summed E-state index contributed by atoms with van der Waals surface area (Å²) in [6, 6.07) is 17.0. The topological polar surface area (TPSA) is 52.6 Å². The predicted octanol–water partition coefficient (Wildman–Crippen LogP) is 4.33. The fourth-order valence-corrected chi connectivity index (χ4v) is 3.91. The monoisotopic (exact) mass is 362 g/mol. The minimum atomic E-state index is -0.306. The van der Waals surface area contributed by atoms with E-state index in [0.717, 1.165) is 11.1 Å². The third-order valence-electron chi connectivity index (χ3n) is 5.43. The molecule has 0 N–H and O–H groups in total. The minimum absolute atomic E-state index is 0.126. The number of esters is 1. The zero-order valence-electron chi connectivity index (χ0n) is 15.3. The van der Waals surface area contributed by atoms with E-state index in [4.69, 9.17) is 9.47 Å². The standard InChI is InChI=1S/C23H22O4/c1-15-7-5-6-10-18(15)23(25)27-17-11-12-19-21(13-17)26-14-20(22(19)24)16-8-3-2-4-9-16/h2-10,14,17,19,21H,11-13H2,1H3. The number of carbonyl (C=O) groups excluding carboxylic acids is 2. The zero-order valence-corrected chi connectivity index (χ0v) is 15.3. The van der Waals surface area contributed by atoms with Crippen LogP contribution >= 0.6 is 0 Å². The van der Waals surface area contributed by atoms with Crippen LogP contribution in [0.3, 0.4) is 0 Å². The van der Waals surface area contributed by atoms with Gasteiger partial charge in [0.25, 0.3) is 0 Å². The summed E-state index contributed by atoms with van der Waals surface area (Å²) in [5, 5.41) is 0. The van der Waals surface area contributed by atoms with Gasteiger partial charge in [-0.05, 0) is 37.0 Å². The Hall–Kier alpha value is -2.88. The fourth-order valence-electron chi connectivity index (χ4n) is 3.91. The largest absolute Gasteiger partial charge is 0.496 e. The summed E-state index contributed by atoms with van der Waals surface area (Å²) in [5.41, 5.74) is 3.00. The van der Waals surface area contributed by atoms with Gasteiger partial charge >= 0.3 is 5.97 Å². The molecule has 1 heterocycles. The lowest BCUT2D eigenvalue weighted by Gasteiger charge is -2.37. The Balaban J connectivity index is 1.44. The first kappa shape index (κ1) is 17.5. The molecule has 3 atom stereocenters. The van der Waals surface area contributed by atoms with Crippen LogP contribution in [0, 0.1) is 12.8 Å². The number of rotatable bonds is 3. The lowest BCUT2D eigenvalue weighted by molar-refractivity contribution is -0.126. The Morgan fingerprint density at radius 3 is 2.56 bits per heavy atom. The number of ether oxygens (including phenoxy) is 2. The van der Waals surface area contributed by atoms with Gasteiger partial charge in [-0.15, -0.1) is 0 Å². The van der Waals surface area contributed by atoms with Gasteiger partial charge in [0.05, 0.1) is 23.3 Å². The first-order valence-corrected chi connectivity index (χ1v) is 9.35. The maximum absolute atomic E-state index is 12.9. The summed E-state index contributed by atoms with van der Waals surface area (Å²) in [5.74, 6) is -0.348. The van der Waals surface area contributed by atoms with E-state index in [1.165, 1.54) is 0 Å². The van der Waals surface area contributed by atoms with Crippen LogP contribution in [0.5, 0.6) is 0 Å². The molecule has 0 bridgehead atoms. The molecule has 0 radical (unpaired) electrons. The molecule has 1 saturated carbocycles. The van der Waals surface area contributed by atoms with Crippen LogP contribution < -0.4 is 0 Å². The number of aryl methyl sites for hydroxylation is 1. The van der Waals surface area contributed by atoms with E-state index in [1.807, 2.05) is 55.5 Å². The smallest absolute Gasteiger partial charge is 0.338 e. The molecular formula is C23H22O4. The first-order chi connectivity index (χ1) is 13.1. The maximum Gasteiger partial charge on any atom is 0.338 e. The fraction of sp³-hybridized carbons (Fsp3) is 0.304. The highest BCUT2D eigenvalue weighted by Crippen LogP contribution is 2.37. The van der Waals surface area contributed by atoms with Crippen molar-refractivity contribution in [3.63, 3.8) is 0 Å². The third kappa shape index (κ3) is 3.52. The Morgan fingerprint density at radius 2 is 1.78 bits per heavy atom. The predicted molar refractivity (Wildman–Crippen MR) is 102 cm³/mol. The van der Waals surface area contributed by atoms with E-state index >= 15 is 0 Å². The molecule has 2 aromatic rings. The van der Waals surface area contributed by atoms with Crippen LogP contribution in [0.25, 0.3) is 5.57 Å². The molecule has 0 amide bonds. The normalized spacial score (nSPS) is 24.4. The van der Waals surface area contributed by atoms with Crippen molar-refractivity contribution in [2.75, 3.05) is 0 Å². The van der Waals surface area contributed by atoms with Crippen molar-refractivity contribution >= 4 is 17.3 Å². The molecule has 4 heteroatoms. The second kappa shape index (κ2) is 7.39. The minimum Gasteiger partial charge on any atom is -0.496 e. The summed E-state index contributed by atoms with van der Waals surface area (Å²) >= 11 is 0. The van der Waals surface area contributed by atoms with Crippen LogP contribution in [0.4, 0.5) is 0 Å². The molecule has 4 rings (SSSR count). The SMILES string of the molecule is Cc1ccccc1C(=O)OC1CCC2C(=O)C(c3ccccc3)=COC2C1. The van der Waals surface area contributed by atoms with Gasteiger partial charge in [-0.25, -0.2) is 4.79 Å². The highest BCUT2D eigenvalue weighted by Gasteiger charge is 2.41. The average Bonchev–Trinajstić information content (AvgIpc) is 2.69. The first-order valence-electron chi connectivity index (χ1n) is 9.35. The van der Waals surface area contributed by atoms with Crippen molar-refractivity contribution in [2.24, 2.45) is 5.92 Å². The Kier molecular flexibility index (Phi) is 4.80. The number of hydrogen-bond acceptors (Lipinski definition) is 4. The number of fused-ring (bicyclic) bond motifs is 1. The van der Waals surface area contributed by atoms with Crippen LogP contribution in [0.1, 0.15) is 40.7 Å². The van der Waals surface area contributed by atoms with Gasteiger partial charge < -0.3 is 9.47 Å². The van der Waals surface area contributed by atoms with Crippen molar-refractivity contribution in [1.82, 2.24) is 0 Å². The number of ketones is 1. The molecule has 2 aliphatic rings. The maximum atomic E-state index is 12.9. The van der Waals surface area contributed by atoms with E-state index in [9.17, 15) is 9.59 Å². The third-order valence-corrected chi connectivity index (χ3v) is 5.43. The number of hydrogen-bond donors (Lipinski definition) is 0. The lowest BCUT2D eigenvalue weighted by Crippen LogP contribution is -2.42. The Bertz CT molecular complexity index is 884. The summed E-state index contributed by atoms with van der Waals surface area (Å²) in [6.45, 7) is 1.90. The summed E-state index contributed by atoms with van der Waals surface area (Å²) < 4.78 is 11.6. The molecule has 1 aliphatic heterocycles. The highest BCUT2D eigenvalue weighted by atomic mass is 16.5. The van der Waals surface area contributed by atoms with Gasteiger partial charge in [-0.3, -0.25) is 4.79 Å².